The SMILES string of the molecule is O=C([O-])[C@@H]1CC(=O)N(c2ccc(-c3ccc([N+](=O)[O-])cc3)cc2)C1. The number of benzene rings is 2. The molecule has 1 amide bonds. The van der Waals surface area contributed by atoms with Gasteiger partial charge in [0.2, 0.25) is 5.91 Å². The van der Waals surface area contributed by atoms with Crippen LogP contribution in [0.25, 0.3) is 11.1 Å². The van der Waals surface area contributed by atoms with Crippen LogP contribution in [0, 0.1) is 16.0 Å². The molecule has 3 rings (SSSR count). The topological polar surface area (TPSA) is 104 Å². The van der Waals surface area contributed by atoms with Crippen LogP contribution in [0.2, 0.25) is 0 Å². The largest absolute Gasteiger partial charge is 0.550 e. The van der Waals surface area contributed by atoms with E-state index in [4.69, 9.17) is 0 Å². The number of aliphatic carboxylic acids is 1. The summed E-state index contributed by atoms with van der Waals surface area (Å²) in [7, 11) is 0. The van der Waals surface area contributed by atoms with Gasteiger partial charge in [0.05, 0.1) is 4.92 Å². The number of nitro benzene ring substituents is 1. The Labute approximate surface area is 137 Å². The predicted molar refractivity (Wildman–Crippen MR) is 84.0 cm³/mol. The summed E-state index contributed by atoms with van der Waals surface area (Å²) in [5.41, 5.74) is 2.30. The molecule has 1 fully saturated rings. The fourth-order valence-corrected chi connectivity index (χ4v) is 2.72. The van der Waals surface area contributed by atoms with Crippen molar-refractivity contribution in [2.75, 3.05) is 11.4 Å². The fourth-order valence-electron chi connectivity index (χ4n) is 2.72. The molecule has 0 saturated carbocycles. The minimum atomic E-state index is -1.21. The zero-order valence-corrected chi connectivity index (χ0v) is 12.5. The Morgan fingerprint density at radius 2 is 1.58 bits per heavy atom. The number of hydrogen-bond donors (Lipinski definition) is 0. The molecule has 1 heterocycles. The first-order chi connectivity index (χ1) is 11.5. The van der Waals surface area contributed by atoms with Crippen LogP contribution in [-0.2, 0) is 9.59 Å². The van der Waals surface area contributed by atoms with Crippen LogP contribution >= 0.6 is 0 Å². The average Bonchev–Trinajstić information content (AvgIpc) is 2.97. The molecule has 7 nitrogen and oxygen atoms in total. The maximum atomic E-state index is 11.9. The highest BCUT2D eigenvalue weighted by Gasteiger charge is 2.31. The third-order valence-electron chi connectivity index (χ3n) is 4.05. The van der Waals surface area contributed by atoms with Crippen molar-refractivity contribution in [1.82, 2.24) is 0 Å². The second kappa shape index (κ2) is 6.11. The van der Waals surface area contributed by atoms with E-state index in [-0.39, 0.29) is 24.6 Å². The van der Waals surface area contributed by atoms with Gasteiger partial charge in [-0.15, -0.1) is 0 Å². The standard InChI is InChI=1S/C17H14N2O5/c20-16-9-13(17(21)22)10-18(16)14-5-1-11(2-6-14)12-3-7-15(8-4-12)19(23)24/h1-8,13H,9-10H2,(H,21,22)/p-1/t13-/m1/s1. The van der Waals surface area contributed by atoms with Gasteiger partial charge >= 0.3 is 0 Å². The number of carboxylic acid groups (broad SMARTS) is 1. The molecule has 0 unspecified atom stereocenters. The summed E-state index contributed by atoms with van der Waals surface area (Å²) in [5.74, 6) is -2.24. The maximum Gasteiger partial charge on any atom is 0.269 e. The first kappa shape index (κ1) is 15.7. The molecule has 0 bridgehead atoms. The minimum absolute atomic E-state index is 0.0198. The van der Waals surface area contributed by atoms with Crippen LogP contribution in [0.4, 0.5) is 11.4 Å². The highest BCUT2D eigenvalue weighted by molar-refractivity contribution is 5.99. The summed E-state index contributed by atoms with van der Waals surface area (Å²) in [6.07, 6.45) is -0.0492. The van der Waals surface area contributed by atoms with Crippen molar-refractivity contribution in [2.24, 2.45) is 5.92 Å². The lowest BCUT2D eigenvalue weighted by Gasteiger charge is -2.17. The molecule has 7 heteroatoms. The molecular weight excluding hydrogens is 312 g/mol. The number of nitro groups is 1. The molecule has 0 radical (unpaired) electrons. The van der Waals surface area contributed by atoms with E-state index < -0.39 is 16.8 Å². The highest BCUT2D eigenvalue weighted by atomic mass is 16.6. The highest BCUT2D eigenvalue weighted by Crippen LogP contribution is 2.28. The second-order valence-electron chi connectivity index (χ2n) is 5.58. The predicted octanol–water partition coefficient (Wildman–Crippen LogP) is 1.36. The molecule has 1 aliphatic rings. The Hall–Kier alpha value is -3.22. The number of nitrogens with zero attached hydrogens (tertiary/aromatic N) is 2. The van der Waals surface area contributed by atoms with Gasteiger partial charge in [-0.3, -0.25) is 14.9 Å². The van der Waals surface area contributed by atoms with Crippen molar-refractivity contribution in [3.05, 3.63) is 58.6 Å². The molecule has 1 aliphatic heterocycles. The molecule has 122 valence electrons. The summed E-state index contributed by atoms with van der Waals surface area (Å²) in [6, 6.07) is 13.2. The van der Waals surface area contributed by atoms with Crippen LogP contribution in [0.15, 0.2) is 48.5 Å². The van der Waals surface area contributed by atoms with Crippen LogP contribution in [0.5, 0.6) is 0 Å². The van der Waals surface area contributed by atoms with E-state index in [9.17, 15) is 24.8 Å². The first-order valence-corrected chi connectivity index (χ1v) is 7.32. The molecular formula is C17H13N2O5-. The number of anilines is 1. The van der Waals surface area contributed by atoms with E-state index in [2.05, 4.69) is 0 Å². The number of carboxylic acids is 1. The Kier molecular flexibility index (Phi) is 3.99. The zero-order valence-electron chi connectivity index (χ0n) is 12.5. The van der Waals surface area contributed by atoms with Gasteiger partial charge < -0.3 is 14.8 Å². The molecule has 2 aromatic carbocycles. The van der Waals surface area contributed by atoms with Gasteiger partial charge in [0.1, 0.15) is 0 Å². The number of rotatable bonds is 4. The minimum Gasteiger partial charge on any atom is -0.550 e. The number of non-ortho nitro benzene ring substituents is 1. The van der Waals surface area contributed by atoms with Gasteiger partial charge in [0.25, 0.3) is 5.69 Å². The Bertz CT molecular complexity index is 799. The van der Waals surface area contributed by atoms with Gasteiger partial charge in [-0.05, 0) is 35.4 Å². The van der Waals surface area contributed by atoms with Crippen molar-refractivity contribution in [3.8, 4) is 11.1 Å². The summed E-state index contributed by atoms with van der Waals surface area (Å²) < 4.78 is 0. The number of carbonyl (C=O) groups excluding carboxylic acids is 2. The van der Waals surface area contributed by atoms with Gasteiger partial charge in [0, 0.05) is 42.7 Å². The Morgan fingerprint density at radius 3 is 2.04 bits per heavy atom. The smallest absolute Gasteiger partial charge is 0.269 e. The zero-order chi connectivity index (χ0) is 17.3. The third kappa shape index (κ3) is 2.96. The van der Waals surface area contributed by atoms with Crippen LogP contribution < -0.4 is 10.0 Å². The molecule has 0 aromatic heterocycles. The van der Waals surface area contributed by atoms with Gasteiger partial charge in [-0.1, -0.05) is 12.1 Å². The Morgan fingerprint density at radius 1 is 1.04 bits per heavy atom. The molecule has 1 atom stereocenters. The number of hydrogen-bond acceptors (Lipinski definition) is 5. The lowest BCUT2D eigenvalue weighted by Crippen LogP contribution is -2.33. The van der Waals surface area contributed by atoms with E-state index in [0.717, 1.165) is 11.1 Å². The van der Waals surface area contributed by atoms with E-state index in [0.29, 0.717) is 5.69 Å². The van der Waals surface area contributed by atoms with Crippen LogP contribution in [0.1, 0.15) is 6.42 Å². The maximum absolute atomic E-state index is 11.9. The molecule has 24 heavy (non-hydrogen) atoms. The van der Waals surface area contributed by atoms with Crippen molar-refractivity contribution in [1.29, 1.82) is 0 Å². The van der Waals surface area contributed by atoms with E-state index in [1.807, 2.05) is 0 Å². The monoisotopic (exact) mass is 325 g/mol. The van der Waals surface area contributed by atoms with Crippen molar-refractivity contribution in [2.45, 2.75) is 6.42 Å². The summed E-state index contributed by atoms with van der Waals surface area (Å²) >= 11 is 0. The van der Waals surface area contributed by atoms with Crippen LogP contribution in [-0.4, -0.2) is 23.3 Å². The molecule has 1 saturated heterocycles. The van der Waals surface area contributed by atoms with Gasteiger partial charge in [-0.25, -0.2) is 0 Å². The lowest BCUT2D eigenvalue weighted by molar-refractivity contribution is -0.384. The molecule has 2 aromatic rings. The van der Waals surface area contributed by atoms with Crippen molar-refractivity contribution >= 4 is 23.3 Å². The van der Waals surface area contributed by atoms with Gasteiger partial charge in [-0.2, -0.15) is 0 Å². The second-order valence-corrected chi connectivity index (χ2v) is 5.58. The first-order valence-electron chi connectivity index (χ1n) is 7.32. The third-order valence-corrected chi connectivity index (χ3v) is 4.05. The quantitative estimate of drug-likeness (QED) is 0.623. The van der Waals surface area contributed by atoms with Crippen molar-refractivity contribution < 1.29 is 19.6 Å². The fraction of sp³-hybridized carbons (Fsp3) is 0.176. The Balaban J connectivity index is 1.79. The molecule has 0 N–H and O–H groups in total. The van der Waals surface area contributed by atoms with E-state index in [1.165, 1.54) is 17.0 Å². The number of amides is 1. The van der Waals surface area contributed by atoms with Crippen molar-refractivity contribution in [3.63, 3.8) is 0 Å². The normalized spacial score (nSPS) is 17.1. The number of carbonyl (C=O) groups is 2. The van der Waals surface area contributed by atoms with Gasteiger partial charge in [0.15, 0.2) is 0 Å². The summed E-state index contributed by atoms with van der Waals surface area (Å²) in [4.78, 5) is 34.5. The van der Waals surface area contributed by atoms with Crippen LogP contribution in [0.3, 0.4) is 0 Å². The molecule has 0 aliphatic carbocycles. The summed E-state index contributed by atoms with van der Waals surface area (Å²) in [5, 5.41) is 21.6. The molecule has 0 spiro atoms. The van der Waals surface area contributed by atoms with E-state index >= 15 is 0 Å². The summed E-state index contributed by atoms with van der Waals surface area (Å²) in [6.45, 7) is 0.109. The lowest BCUT2D eigenvalue weighted by atomic mass is 10.0. The average molecular weight is 325 g/mol. The van der Waals surface area contributed by atoms with E-state index in [1.54, 1.807) is 36.4 Å².